The van der Waals surface area contributed by atoms with E-state index in [-0.39, 0.29) is 11.3 Å². The SMILES string of the molecule is CN(C(=O)C(C)(C)C)[C@H]1C[C@H]2C=C[C@H]1C2. The molecule has 2 aliphatic rings. The number of hydrogen-bond acceptors (Lipinski definition) is 1. The number of carbonyl (C=O) groups excluding carboxylic acids is 1. The van der Waals surface area contributed by atoms with Gasteiger partial charge in [0.2, 0.25) is 5.91 Å². The van der Waals surface area contributed by atoms with Crippen molar-refractivity contribution < 1.29 is 4.79 Å². The van der Waals surface area contributed by atoms with Crippen molar-refractivity contribution in [3.8, 4) is 0 Å². The first-order valence-corrected chi connectivity index (χ1v) is 5.85. The zero-order valence-electron chi connectivity index (χ0n) is 10.2. The average Bonchev–Trinajstić information content (AvgIpc) is 2.74. The van der Waals surface area contributed by atoms with E-state index in [0.29, 0.717) is 12.0 Å². The molecule has 3 atom stereocenters. The summed E-state index contributed by atoms with van der Waals surface area (Å²) in [5.74, 6) is 1.62. The number of fused-ring (bicyclic) bond motifs is 2. The molecular weight excluding hydrogens is 186 g/mol. The third-order valence-electron chi connectivity index (χ3n) is 3.70. The maximum atomic E-state index is 12.1. The summed E-state index contributed by atoms with van der Waals surface area (Å²) in [4.78, 5) is 14.1. The quantitative estimate of drug-likeness (QED) is 0.605. The summed E-state index contributed by atoms with van der Waals surface area (Å²) < 4.78 is 0. The molecule has 15 heavy (non-hydrogen) atoms. The lowest BCUT2D eigenvalue weighted by molar-refractivity contribution is -0.140. The molecule has 0 heterocycles. The standard InChI is InChI=1S/C13H21NO/c1-13(2,3)12(15)14(4)11-8-9-5-6-10(11)7-9/h5-6,9-11H,7-8H2,1-4H3/t9-,10-,11-/m0/s1. The van der Waals surface area contributed by atoms with Crippen LogP contribution in [0.1, 0.15) is 33.6 Å². The van der Waals surface area contributed by atoms with Crippen molar-refractivity contribution in [2.45, 2.75) is 39.7 Å². The topological polar surface area (TPSA) is 20.3 Å². The van der Waals surface area contributed by atoms with E-state index in [2.05, 4.69) is 12.2 Å². The molecule has 1 amide bonds. The van der Waals surface area contributed by atoms with Gasteiger partial charge in [0.15, 0.2) is 0 Å². The van der Waals surface area contributed by atoms with Gasteiger partial charge in [0.1, 0.15) is 0 Å². The number of hydrogen-bond donors (Lipinski definition) is 0. The van der Waals surface area contributed by atoms with Crippen LogP contribution in [-0.4, -0.2) is 23.9 Å². The molecule has 1 saturated carbocycles. The molecule has 0 aromatic rings. The van der Waals surface area contributed by atoms with Crippen molar-refractivity contribution in [1.29, 1.82) is 0 Å². The minimum Gasteiger partial charge on any atom is -0.342 e. The lowest BCUT2D eigenvalue weighted by Crippen LogP contribution is -2.44. The van der Waals surface area contributed by atoms with Gasteiger partial charge in [-0.2, -0.15) is 0 Å². The highest BCUT2D eigenvalue weighted by Gasteiger charge is 2.41. The molecule has 0 radical (unpaired) electrons. The van der Waals surface area contributed by atoms with Gasteiger partial charge in [0.25, 0.3) is 0 Å². The monoisotopic (exact) mass is 207 g/mol. The minimum absolute atomic E-state index is 0.250. The predicted octanol–water partition coefficient (Wildman–Crippen LogP) is 2.46. The van der Waals surface area contributed by atoms with E-state index in [1.807, 2.05) is 32.7 Å². The molecule has 0 saturated heterocycles. The Hall–Kier alpha value is -0.790. The molecule has 0 spiro atoms. The molecule has 0 aromatic carbocycles. The first kappa shape index (κ1) is 10.7. The highest BCUT2D eigenvalue weighted by molar-refractivity contribution is 5.81. The summed E-state index contributed by atoms with van der Waals surface area (Å²) in [6, 6.07) is 0.451. The van der Waals surface area contributed by atoms with Crippen LogP contribution in [0.4, 0.5) is 0 Å². The van der Waals surface area contributed by atoms with Crippen LogP contribution in [0.25, 0.3) is 0 Å². The van der Waals surface area contributed by atoms with Gasteiger partial charge in [0.05, 0.1) is 0 Å². The Bertz CT molecular complexity index is 300. The second-order valence-corrected chi connectivity index (χ2v) is 6.01. The Morgan fingerprint density at radius 2 is 1.93 bits per heavy atom. The Balaban J connectivity index is 2.06. The second-order valence-electron chi connectivity index (χ2n) is 6.01. The van der Waals surface area contributed by atoms with Gasteiger partial charge < -0.3 is 4.90 Å². The smallest absolute Gasteiger partial charge is 0.227 e. The average molecular weight is 207 g/mol. The van der Waals surface area contributed by atoms with Gasteiger partial charge in [-0.25, -0.2) is 0 Å². The van der Waals surface area contributed by atoms with E-state index >= 15 is 0 Å². The molecule has 2 nitrogen and oxygen atoms in total. The summed E-state index contributed by atoms with van der Waals surface area (Å²) in [7, 11) is 1.97. The third-order valence-corrected chi connectivity index (χ3v) is 3.70. The molecule has 2 rings (SSSR count). The van der Waals surface area contributed by atoms with E-state index < -0.39 is 0 Å². The second kappa shape index (κ2) is 3.36. The fourth-order valence-electron chi connectivity index (χ4n) is 2.88. The van der Waals surface area contributed by atoms with Gasteiger partial charge in [-0.15, -0.1) is 0 Å². The number of carbonyl (C=O) groups is 1. The van der Waals surface area contributed by atoms with E-state index in [1.165, 1.54) is 12.8 Å². The number of amides is 1. The number of nitrogens with zero attached hydrogens (tertiary/aromatic N) is 1. The predicted molar refractivity (Wildman–Crippen MR) is 61.4 cm³/mol. The Morgan fingerprint density at radius 3 is 2.33 bits per heavy atom. The Kier molecular flexibility index (Phi) is 2.40. The van der Waals surface area contributed by atoms with E-state index in [4.69, 9.17) is 0 Å². The molecule has 2 bridgehead atoms. The number of rotatable bonds is 1. The van der Waals surface area contributed by atoms with Crippen LogP contribution in [0.5, 0.6) is 0 Å². The van der Waals surface area contributed by atoms with Crippen molar-refractivity contribution >= 4 is 5.91 Å². The summed E-state index contributed by atoms with van der Waals surface area (Å²) in [5, 5.41) is 0. The van der Waals surface area contributed by atoms with Crippen LogP contribution in [-0.2, 0) is 4.79 Å². The van der Waals surface area contributed by atoms with E-state index in [1.54, 1.807) is 0 Å². The zero-order chi connectivity index (χ0) is 11.2. The van der Waals surface area contributed by atoms with Gasteiger partial charge in [0, 0.05) is 18.5 Å². The lowest BCUT2D eigenvalue weighted by Gasteiger charge is -2.34. The molecule has 1 fully saturated rings. The highest BCUT2D eigenvalue weighted by Crippen LogP contribution is 2.42. The van der Waals surface area contributed by atoms with Crippen LogP contribution in [0.2, 0.25) is 0 Å². The maximum absolute atomic E-state index is 12.1. The Labute approximate surface area is 92.3 Å². The van der Waals surface area contributed by atoms with Gasteiger partial charge in [-0.3, -0.25) is 4.79 Å². The van der Waals surface area contributed by atoms with Crippen LogP contribution in [0, 0.1) is 17.3 Å². The highest BCUT2D eigenvalue weighted by atomic mass is 16.2. The van der Waals surface area contributed by atoms with Crippen molar-refractivity contribution in [2.75, 3.05) is 7.05 Å². The van der Waals surface area contributed by atoms with Crippen LogP contribution >= 0.6 is 0 Å². The van der Waals surface area contributed by atoms with Crippen LogP contribution < -0.4 is 0 Å². The molecule has 84 valence electrons. The number of allylic oxidation sites excluding steroid dienone is 1. The van der Waals surface area contributed by atoms with Crippen molar-refractivity contribution in [3.05, 3.63) is 12.2 Å². The van der Waals surface area contributed by atoms with Crippen molar-refractivity contribution in [3.63, 3.8) is 0 Å². The minimum atomic E-state index is -0.250. The molecule has 2 heteroatoms. The molecule has 0 aliphatic heterocycles. The first-order valence-electron chi connectivity index (χ1n) is 5.85. The largest absolute Gasteiger partial charge is 0.342 e. The molecule has 2 aliphatic carbocycles. The summed E-state index contributed by atoms with van der Waals surface area (Å²) in [6.07, 6.45) is 7.04. The molecule has 0 unspecified atom stereocenters. The van der Waals surface area contributed by atoms with Gasteiger partial charge in [-0.1, -0.05) is 32.9 Å². The molecule has 0 aromatic heterocycles. The summed E-state index contributed by atoms with van der Waals surface area (Å²) >= 11 is 0. The van der Waals surface area contributed by atoms with Gasteiger partial charge >= 0.3 is 0 Å². The first-order chi connectivity index (χ1) is 6.89. The molecule has 0 N–H and O–H groups in total. The zero-order valence-corrected chi connectivity index (χ0v) is 10.2. The van der Waals surface area contributed by atoms with E-state index in [0.717, 1.165) is 5.92 Å². The van der Waals surface area contributed by atoms with E-state index in [9.17, 15) is 4.79 Å². The summed E-state index contributed by atoms with van der Waals surface area (Å²) in [5.41, 5.74) is -0.250. The lowest BCUT2D eigenvalue weighted by atomic mass is 9.92. The fourth-order valence-corrected chi connectivity index (χ4v) is 2.88. The normalized spacial score (nSPS) is 33.5. The third kappa shape index (κ3) is 1.82. The maximum Gasteiger partial charge on any atom is 0.227 e. The molecular formula is C13H21NO. The van der Waals surface area contributed by atoms with Crippen LogP contribution in [0.15, 0.2) is 12.2 Å². The fraction of sp³-hybridized carbons (Fsp3) is 0.769. The van der Waals surface area contributed by atoms with Crippen LogP contribution in [0.3, 0.4) is 0 Å². The van der Waals surface area contributed by atoms with Gasteiger partial charge in [-0.05, 0) is 24.7 Å². The summed E-state index contributed by atoms with van der Waals surface area (Å²) in [6.45, 7) is 5.98. The van der Waals surface area contributed by atoms with Crippen molar-refractivity contribution in [1.82, 2.24) is 4.90 Å². The van der Waals surface area contributed by atoms with Crippen molar-refractivity contribution in [2.24, 2.45) is 17.3 Å². The Morgan fingerprint density at radius 1 is 1.27 bits per heavy atom.